The predicted octanol–water partition coefficient (Wildman–Crippen LogP) is 2.84. The van der Waals surface area contributed by atoms with Gasteiger partial charge in [0, 0.05) is 0 Å². The van der Waals surface area contributed by atoms with Gasteiger partial charge in [-0.1, -0.05) is 17.7 Å². The maximum Gasteiger partial charge on any atom is 0.277 e. The van der Waals surface area contributed by atoms with Gasteiger partial charge in [0.05, 0.1) is 16.9 Å². The minimum atomic E-state index is -0.368. The van der Waals surface area contributed by atoms with Crippen molar-refractivity contribution in [1.82, 2.24) is 5.43 Å². The van der Waals surface area contributed by atoms with E-state index in [1.54, 1.807) is 24.3 Å². The Balaban J connectivity index is 1.88. The van der Waals surface area contributed by atoms with E-state index in [0.717, 1.165) is 5.56 Å². The first-order valence-corrected chi connectivity index (χ1v) is 8.15. The average Bonchev–Trinajstić information content (AvgIpc) is 2.57. The number of nitrogens with one attached hydrogen (secondary N) is 1. The Bertz CT molecular complexity index is 745. The Hall–Kier alpha value is -2.29. The summed E-state index contributed by atoms with van der Waals surface area (Å²) in [6, 6.07) is 10.8. The second kappa shape index (κ2) is 8.53. The Morgan fingerprint density at radius 3 is 2.71 bits per heavy atom. The fourth-order valence-electron chi connectivity index (χ4n) is 1.82. The van der Waals surface area contributed by atoms with Gasteiger partial charge in [0.1, 0.15) is 5.75 Å². The highest BCUT2D eigenvalue weighted by molar-refractivity contribution is 14.1. The van der Waals surface area contributed by atoms with Crippen LogP contribution in [0.2, 0.25) is 0 Å². The van der Waals surface area contributed by atoms with Crippen molar-refractivity contribution < 1.29 is 19.4 Å². The van der Waals surface area contributed by atoms with Crippen LogP contribution in [0.3, 0.4) is 0 Å². The number of methoxy groups -OCH3 is 1. The van der Waals surface area contributed by atoms with E-state index in [-0.39, 0.29) is 18.3 Å². The summed E-state index contributed by atoms with van der Waals surface area (Å²) in [5.41, 5.74) is 4.19. The number of aryl methyl sites for hydroxylation is 1. The van der Waals surface area contributed by atoms with Crippen LogP contribution in [0.15, 0.2) is 41.5 Å². The average molecular weight is 440 g/mol. The largest absolute Gasteiger partial charge is 0.504 e. The third kappa shape index (κ3) is 5.12. The van der Waals surface area contributed by atoms with E-state index in [9.17, 15) is 9.90 Å². The lowest BCUT2D eigenvalue weighted by molar-refractivity contribution is -0.123. The van der Waals surface area contributed by atoms with Crippen LogP contribution in [0.5, 0.6) is 17.2 Å². The molecule has 126 valence electrons. The van der Waals surface area contributed by atoms with Crippen LogP contribution < -0.4 is 14.9 Å². The zero-order chi connectivity index (χ0) is 17.5. The number of ether oxygens (including phenoxy) is 2. The summed E-state index contributed by atoms with van der Waals surface area (Å²) in [5.74, 6) is 0.674. The van der Waals surface area contributed by atoms with Crippen LogP contribution in [-0.4, -0.2) is 30.9 Å². The number of benzene rings is 2. The molecule has 2 N–H and O–H groups in total. The third-order valence-electron chi connectivity index (χ3n) is 3.06. The second-order valence-corrected chi connectivity index (χ2v) is 6.11. The normalized spacial score (nSPS) is 10.6. The molecule has 0 aliphatic carbocycles. The van der Waals surface area contributed by atoms with Crippen molar-refractivity contribution in [3.05, 3.63) is 51.1 Å². The molecule has 0 aromatic heterocycles. The number of amides is 1. The van der Waals surface area contributed by atoms with Gasteiger partial charge < -0.3 is 14.6 Å². The van der Waals surface area contributed by atoms with Crippen LogP contribution >= 0.6 is 22.6 Å². The topological polar surface area (TPSA) is 80.2 Å². The number of nitrogens with zero attached hydrogens (tertiary/aromatic N) is 1. The van der Waals surface area contributed by atoms with Gasteiger partial charge in [0.25, 0.3) is 5.91 Å². The molecule has 0 fully saturated rings. The number of carbonyl (C=O) groups is 1. The summed E-state index contributed by atoms with van der Waals surface area (Å²) in [6.45, 7) is 1.85. The molecule has 0 saturated carbocycles. The molecule has 0 atom stereocenters. The lowest BCUT2D eigenvalue weighted by Gasteiger charge is -2.06. The highest BCUT2D eigenvalue weighted by atomic mass is 127. The first-order valence-electron chi connectivity index (χ1n) is 7.07. The maximum absolute atomic E-state index is 11.7. The van der Waals surface area contributed by atoms with E-state index >= 15 is 0 Å². The Labute approximate surface area is 153 Å². The maximum atomic E-state index is 11.7. The van der Waals surface area contributed by atoms with Crippen LogP contribution in [0.1, 0.15) is 11.1 Å². The predicted molar refractivity (Wildman–Crippen MR) is 99.8 cm³/mol. The van der Waals surface area contributed by atoms with Gasteiger partial charge >= 0.3 is 0 Å². The van der Waals surface area contributed by atoms with Gasteiger partial charge in [-0.05, 0) is 59.3 Å². The minimum Gasteiger partial charge on any atom is -0.504 e. The first-order chi connectivity index (χ1) is 11.5. The number of hydrogen-bond donors (Lipinski definition) is 2. The van der Waals surface area contributed by atoms with Gasteiger partial charge in [-0.2, -0.15) is 5.10 Å². The van der Waals surface area contributed by atoms with E-state index in [1.807, 2.05) is 41.6 Å². The SMILES string of the molecule is COc1cc(/C=N\NC(=O)COc2ccc(C)cc2)cc(I)c1O. The molecular formula is C17H17IN2O4. The van der Waals surface area contributed by atoms with E-state index in [4.69, 9.17) is 9.47 Å². The Morgan fingerprint density at radius 1 is 1.33 bits per heavy atom. The van der Waals surface area contributed by atoms with Crippen LogP contribution in [0.25, 0.3) is 0 Å². The summed E-state index contributed by atoms with van der Waals surface area (Å²) in [7, 11) is 1.47. The third-order valence-corrected chi connectivity index (χ3v) is 3.89. The molecule has 6 nitrogen and oxygen atoms in total. The lowest BCUT2D eigenvalue weighted by atomic mass is 10.2. The van der Waals surface area contributed by atoms with Gasteiger partial charge in [0.2, 0.25) is 0 Å². The molecule has 0 saturated heterocycles. The molecule has 0 bridgehead atoms. The van der Waals surface area contributed by atoms with Gasteiger partial charge in [-0.15, -0.1) is 0 Å². The van der Waals surface area contributed by atoms with Crippen molar-refractivity contribution in [2.45, 2.75) is 6.92 Å². The summed E-state index contributed by atoms with van der Waals surface area (Å²) >= 11 is 1.99. The first kappa shape index (κ1) is 18.1. The molecule has 0 aliphatic heterocycles. The molecule has 2 aromatic rings. The Kier molecular flexibility index (Phi) is 6.42. The number of halogens is 1. The molecule has 0 unspecified atom stereocenters. The second-order valence-electron chi connectivity index (χ2n) is 4.95. The molecule has 1 amide bonds. The number of carbonyl (C=O) groups excluding carboxylic acids is 1. The number of hydrogen-bond acceptors (Lipinski definition) is 5. The molecule has 0 radical (unpaired) electrons. The van der Waals surface area contributed by atoms with Crippen molar-refractivity contribution in [1.29, 1.82) is 0 Å². The summed E-state index contributed by atoms with van der Waals surface area (Å²) < 4.78 is 11.0. The Morgan fingerprint density at radius 2 is 2.04 bits per heavy atom. The van der Waals surface area contributed by atoms with Crippen molar-refractivity contribution >= 4 is 34.7 Å². The van der Waals surface area contributed by atoms with E-state index < -0.39 is 0 Å². The van der Waals surface area contributed by atoms with E-state index in [1.165, 1.54) is 13.3 Å². The summed E-state index contributed by atoms with van der Waals surface area (Å²) in [5, 5.41) is 13.6. The molecular weight excluding hydrogens is 423 g/mol. The lowest BCUT2D eigenvalue weighted by Crippen LogP contribution is -2.24. The van der Waals surface area contributed by atoms with Crippen LogP contribution in [-0.2, 0) is 4.79 Å². The molecule has 0 spiro atoms. The number of aromatic hydroxyl groups is 1. The fourth-order valence-corrected chi connectivity index (χ4v) is 2.44. The van der Waals surface area contributed by atoms with Gasteiger partial charge in [0.15, 0.2) is 18.1 Å². The summed E-state index contributed by atoms with van der Waals surface area (Å²) in [4.78, 5) is 11.7. The number of rotatable bonds is 6. The van der Waals surface area contributed by atoms with Gasteiger partial charge in [-0.3, -0.25) is 4.79 Å². The van der Waals surface area contributed by atoms with Crippen LogP contribution in [0, 0.1) is 10.5 Å². The fraction of sp³-hybridized carbons (Fsp3) is 0.176. The number of phenolic OH excluding ortho intramolecular Hbond substituents is 1. The van der Waals surface area contributed by atoms with Crippen LogP contribution in [0.4, 0.5) is 0 Å². The monoisotopic (exact) mass is 440 g/mol. The van der Waals surface area contributed by atoms with Gasteiger partial charge in [-0.25, -0.2) is 5.43 Å². The zero-order valence-electron chi connectivity index (χ0n) is 13.2. The van der Waals surface area contributed by atoms with E-state index in [0.29, 0.717) is 20.6 Å². The highest BCUT2D eigenvalue weighted by Gasteiger charge is 2.07. The molecule has 0 aliphatic rings. The zero-order valence-corrected chi connectivity index (χ0v) is 15.4. The van der Waals surface area contributed by atoms with E-state index in [2.05, 4.69) is 10.5 Å². The molecule has 24 heavy (non-hydrogen) atoms. The van der Waals surface area contributed by atoms with Crippen molar-refractivity contribution in [3.63, 3.8) is 0 Å². The van der Waals surface area contributed by atoms with Crippen molar-refractivity contribution in [2.75, 3.05) is 13.7 Å². The molecule has 2 aromatic carbocycles. The van der Waals surface area contributed by atoms with Crippen molar-refractivity contribution in [2.24, 2.45) is 5.10 Å². The number of hydrazone groups is 1. The standard InChI is InChI=1S/C17H17IN2O4/c1-11-3-5-13(6-4-11)24-10-16(21)20-19-9-12-7-14(18)17(22)15(8-12)23-2/h3-9,22H,10H2,1-2H3,(H,20,21)/b19-9-. The highest BCUT2D eigenvalue weighted by Crippen LogP contribution is 2.31. The molecule has 7 heteroatoms. The quantitative estimate of drug-likeness (QED) is 0.412. The molecule has 2 rings (SSSR count). The molecule has 0 heterocycles. The minimum absolute atomic E-state index is 0.0748. The number of phenols is 1. The smallest absolute Gasteiger partial charge is 0.277 e. The summed E-state index contributed by atoms with van der Waals surface area (Å²) in [6.07, 6.45) is 1.47. The van der Waals surface area contributed by atoms with Crippen molar-refractivity contribution in [3.8, 4) is 17.2 Å².